The van der Waals surface area contributed by atoms with Crippen LogP contribution in [0.1, 0.15) is 45.9 Å². The smallest absolute Gasteiger partial charge is 0.321 e. The molecule has 5 nitrogen and oxygen atoms in total. The zero-order chi connectivity index (χ0) is 12.5. The van der Waals surface area contributed by atoms with E-state index < -0.39 is 0 Å². The Morgan fingerprint density at radius 3 is 2.53 bits per heavy atom. The first kappa shape index (κ1) is 13.7. The van der Waals surface area contributed by atoms with Gasteiger partial charge < -0.3 is 10.1 Å². The summed E-state index contributed by atoms with van der Waals surface area (Å²) >= 11 is 0. The topological polar surface area (TPSA) is 59.9 Å². The van der Waals surface area contributed by atoms with Crippen LogP contribution in [0, 0.1) is 0 Å². The third-order valence-electron chi connectivity index (χ3n) is 2.22. The second kappa shape index (κ2) is 7.81. The van der Waals surface area contributed by atoms with Gasteiger partial charge in [0.25, 0.3) is 0 Å². The number of rotatable bonds is 8. The van der Waals surface area contributed by atoms with Crippen LogP contribution in [0.3, 0.4) is 0 Å². The molecule has 0 aliphatic rings. The summed E-state index contributed by atoms with van der Waals surface area (Å²) in [7, 11) is 0. The number of aromatic nitrogens is 3. The van der Waals surface area contributed by atoms with Crippen LogP contribution in [-0.2, 0) is 6.42 Å². The zero-order valence-electron chi connectivity index (χ0n) is 11.0. The third-order valence-corrected chi connectivity index (χ3v) is 2.22. The van der Waals surface area contributed by atoms with Gasteiger partial charge in [0.05, 0.1) is 6.61 Å². The lowest BCUT2D eigenvalue weighted by Crippen LogP contribution is -2.10. The summed E-state index contributed by atoms with van der Waals surface area (Å²) < 4.78 is 5.34. The van der Waals surface area contributed by atoms with Crippen LogP contribution in [0.2, 0.25) is 0 Å². The van der Waals surface area contributed by atoms with Crippen molar-refractivity contribution in [3.8, 4) is 6.01 Å². The Balaban J connectivity index is 2.76. The van der Waals surface area contributed by atoms with E-state index in [9.17, 15) is 0 Å². The summed E-state index contributed by atoms with van der Waals surface area (Å²) in [6, 6.07) is 0.423. The number of hydrogen-bond donors (Lipinski definition) is 1. The molecule has 0 radical (unpaired) electrons. The summed E-state index contributed by atoms with van der Waals surface area (Å²) in [5.74, 6) is 1.43. The van der Waals surface area contributed by atoms with Crippen molar-refractivity contribution in [2.45, 2.75) is 46.5 Å². The van der Waals surface area contributed by atoms with Crippen LogP contribution in [0.4, 0.5) is 5.95 Å². The van der Waals surface area contributed by atoms with Gasteiger partial charge in [0.15, 0.2) is 0 Å². The Morgan fingerprint density at radius 1 is 1.06 bits per heavy atom. The number of hydrogen-bond acceptors (Lipinski definition) is 5. The average Bonchev–Trinajstić information content (AvgIpc) is 2.34. The normalized spacial score (nSPS) is 10.3. The third kappa shape index (κ3) is 4.97. The maximum Gasteiger partial charge on any atom is 0.321 e. The van der Waals surface area contributed by atoms with Gasteiger partial charge in [-0.25, -0.2) is 0 Å². The molecule has 0 aromatic carbocycles. The van der Waals surface area contributed by atoms with E-state index >= 15 is 0 Å². The van der Waals surface area contributed by atoms with Gasteiger partial charge in [0.2, 0.25) is 5.95 Å². The number of unbranched alkanes of at least 4 members (excludes halogenated alkanes) is 1. The van der Waals surface area contributed by atoms with Gasteiger partial charge in [-0.1, -0.05) is 20.3 Å². The van der Waals surface area contributed by atoms with E-state index in [0.29, 0.717) is 18.6 Å². The second-order valence-corrected chi connectivity index (χ2v) is 3.82. The summed E-state index contributed by atoms with van der Waals surface area (Å²) in [5, 5.41) is 3.17. The van der Waals surface area contributed by atoms with Crippen LogP contribution in [0.25, 0.3) is 0 Å². The van der Waals surface area contributed by atoms with Gasteiger partial charge in [-0.3, -0.25) is 0 Å². The Hall–Kier alpha value is -1.39. The maximum atomic E-state index is 5.34. The molecule has 0 saturated carbocycles. The first-order valence-corrected chi connectivity index (χ1v) is 6.41. The van der Waals surface area contributed by atoms with Crippen molar-refractivity contribution in [1.29, 1.82) is 0 Å². The largest absolute Gasteiger partial charge is 0.464 e. The van der Waals surface area contributed by atoms with Crippen molar-refractivity contribution in [3.05, 3.63) is 5.82 Å². The monoisotopic (exact) mass is 238 g/mol. The van der Waals surface area contributed by atoms with Crippen molar-refractivity contribution in [2.75, 3.05) is 18.5 Å². The summed E-state index contributed by atoms with van der Waals surface area (Å²) in [5.41, 5.74) is 0. The lowest BCUT2D eigenvalue weighted by molar-refractivity contribution is 0.310. The summed E-state index contributed by atoms with van der Waals surface area (Å²) in [6.07, 6.45) is 4.13. The highest BCUT2D eigenvalue weighted by molar-refractivity contribution is 5.25. The molecule has 0 amide bonds. The second-order valence-electron chi connectivity index (χ2n) is 3.82. The molecule has 1 rings (SSSR count). The van der Waals surface area contributed by atoms with Crippen LogP contribution >= 0.6 is 0 Å². The zero-order valence-corrected chi connectivity index (χ0v) is 11.0. The average molecular weight is 238 g/mol. The molecule has 0 fully saturated rings. The molecule has 0 aliphatic heterocycles. The lowest BCUT2D eigenvalue weighted by Gasteiger charge is -2.08. The van der Waals surface area contributed by atoms with E-state index in [1.807, 2.05) is 6.92 Å². The highest BCUT2D eigenvalue weighted by Crippen LogP contribution is 2.09. The van der Waals surface area contributed by atoms with Crippen molar-refractivity contribution in [2.24, 2.45) is 0 Å². The Labute approximate surface area is 103 Å². The minimum absolute atomic E-state index is 0.423. The molecule has 0 atom stereocenters. The van der Waals surface area contributed by atoms with Crippen molar-refractivity contribution in [1.82, 2.24) is 15.0 Å². The van der Waals surface area contributed by atoms with Gasteiger partial charge in [-0.2, -0.15) is 15.0 Å². The SMILES string of the molecule is CCCCc1nc(NCCC)nc(OCC)n1. The van der Waals surface area contributed by atoms with Crippen molar-refractivity contribution in [3.63, 3.8) is 0 Å². The number of nitrogens with one attached hydrogen (secondary N) is 1. The summed E-state index contributed by atoms with van der Waals surface area (Å²) in [6.45, 7) is 7.62. The molecule has 0 spiro atoms. The lowest BCUT2D eigenvalue weighted by atomic mass is 10.2. The molecule has 0 unspecified atom stereocenters. The standard InChI is InChI=1S/C12H22N4O/c1-4-7-8-10-14-11(13-9-5-2)16-12(15-10)17-6-3/h4-9H2,1-3H3,(H,13,14,15,16). The van der Waals surface area contributed by atoms with Gasteiger partial charge in [0.1, 0.15) is 5.82 Å². The van der Waals surface area contributed by atoms with Gasteiger partial charge in [0, 0.05) is 13.0 Å². The Bertz CT molecular complexity index is 304. The van der Waals surface area contributed by atoms with E-state index in [1.54, 1.807) is 0 Å². The molecule has 0 bridgehead atoms. The first-order valence-electron chi connectivity index (χ1n) is 6.41. The van der Waals surface area contributed by atoms with E-state index in [-0.39, 0.29) is 0 Å². The van der Waals surface area contributed by atoms with Crippen LogP contribution in [0.5, 0.6) is 6.01 Å². The Morgan fingerprint density at radius 2 is 1.88 bits per heavy atom. The van der Waals surface area contributed by atoms with E-state index in [2.05, 4.69) is 34.1 Å². The highest BCUT2D eigenvalue weighted by atomic mass is 16.5. The maximum absolute atomic E-state index is 5.34. The van der Waals surface area contributed by atoms with E-state index in [1.165, 1.54) is 0 Å². The van der Waals surface area contributed by atoms with Crippen LogP contribution in [-0.4, -0.2) is 28.1 Å². The van der Waals surface area contributed by atoms with Crippen molar-refractivity contribution >= 4 is 5.95 Å². The van der Waals surface area contributed by atoms with Crippen molar-refractivity contribution < 1.29 is 4.74 Å². The molecular formula is C12H22N4O. The fourth-order valence-electron chi connectivity index (χ4n) is 1.35. The predicted octanol–water partition coefficient (Wildman–Crippen LogP) is 2.43. The molecule has 96 valence electrons. The molecule has 1 aromatic heterocycles. The molecular weight excluding hydrogens is 216 g/mol. The van der Waals surface area contributed by atoms with Gasteiger partial charge >= 0.3 is 6.01 Å². The fraction of sp³-hybridized carbons (Fsp3) is 0.750. The molecule has 1 N–H and O–H groups in total. The van der Waals surface area contributed by atoms with Crippen LogP contribution in [0.15, 0.2) is 0 Å². The van der Waals surface area contributed by atoms with E-state index in [0.717, 1.165) is 38.1 Å². The minimum Gasteiger partial charge on any atom is -0.464 e. The quantitative estimate of drug-likeness (QED) is 0.753. The number of nitrogens with zero attached hydrogens (tertiary/aromatic N) is 3. The number of anilines is 1. The van der Waals surface area contributed by atoms with Gasteiger partial charge in [-0.05, 0) is 19.8 Å². The molecule has 17 heavy (non-hydrogen) atoms. The van der Waals surface area contributed by atoms with Crippen LogP contribution < -0.4 is 10.1 Å². The number of ether oxygens (including phenoxy) is 1. The summed E-state index contributed by atoms with van der Waals surface area (Å²) in [4.78, 5) is 12.9. The predicted molar refractivity (Wildman–Crippen MR) is 68.4 cm³/mol. The molecule has 0 saturated heterocycles. The Kier molecular flexibility index (Phi) is 6.29. The first-order chi connectivity index (χ1) is 8.30. The molecule has 0 aliphatic carbocycles. The fourth-order valence-corrected chi connectivity index (χ4v) is 1.35. The minimum atomic E-state index is 0.423. The highest BCUT2D eigenvalue weighted by Gasteiger charge is 2.06. The van der Waals surface area contributed by atoms with Gasteiger partial charge in [-0.15, -0.1) is 0 Å². The van der Waals surface area contributed by atoms with E-state index in [4.69, 9.17) is 4.74 Å². The number of aryl methyl sites for hydroxylation is 1. The molecule has 1 aromatic rings. The molecule has 1 heterocycles. The molecule has 5 heteroatoms.